The molecule has 2 aliphatic heterocycles. The van der Waals surface area contributed by atoms with E-state index in [-0.39, 0.29) is 12.1 Å². The third-order valence-corrected chi connectivity index (χ3v) is 8.47. The number of hydrogen-bond donors (Lipinski definition) is 1. The van der Waals surface area contributed by atoms with Crippen LogP contribution in [0.15, 0.2) is 85.1 Å². The zero-order valence-electron chi connectivity index (χ0n) is 21.7. The fourth-order valence-corrected chi connectivity index (χ4v) is 6.44. The maximum absolute atomic E-state index is 6.95. The molecule has 0 unspecified atom stereocenters. The van der Waals surface area contributed by atoms with Crippen LogP contribution in [0.1, 0.15) is 48.9 Å². The number of piperidine rings is 1. The highest BCUT2D eigenvalue weighted by atomic mass is 35.5. The van der Waals surface area contributed by atoms with Gasteiger partial charge in [-0.2, -0.15) is 0 Å². The minimum absolute atomic E-state index is 0.121. The maximum atomic E-state index is 6.95. The van der Waals surface area contributed by atoms with E-state index in [1.165, 1.54) is 12.8 Å². The number of rotatable bonds is 5. The van der Waals surface area contributed by atoms with E-state index in [1.807, 2.05) is 24.4 Å². The van der Waals surface area contributed by atoms with Crippen LogP contribution in [0.4, 0.5) is 11.4 Å². The van der Waals surface area contributed by atoms with Crippen LogP contribution in [0.5, 0.6) is 0 Å². The molecule has 4 aromatic rings. The van der Waals surface area contributed by atoms with Crippen molar-refractivity contribution in [2.45, 2.75) is 38.8 Å². The number of aryl methyl sites for hydroxylation is 1. The van der Waals surface area contributed by atoms with Crippen molar-refractivity contribution < 1.29 is 0 Å². The van der Waals surface area contributed by atoms with Gasteiger partial charge in [0.05, 0.1) is 22.4 Å². The Balaban J connectivity index is 1.44. The Morgan fingerprint density at radius 1 is 0.921 bits per heavy atom. The topological polar surface area (TPSA) is 36.3 Å². The molecule has 0 saturated carbocycles. The number of nitrogens with one attached hydrogen (secondary N) is 1. The van der Waals surface area contributed by atoms with Gasteiger partial charge < -0.3 is 19.7 Å². The summed E-state index contributed by atoms with van der Waals surface area (Å²) in [6.45, 7) is 6.55. The molecule has 1 N–H and O–H groups in total. The first-order chi connectivity index (χ1) is 18.5. The van der Waals surface area contributed by atoms with Gasteiger partial charge in [-0.25, -0.2) is 0 Å². The molecule has 0 spiro atoms. The van der Waals surface area contributed by atoms with Crippen molar-refractivity contribution in [3.05, 3.63) is 107 Å². The largest absolute Gasteiger partial charge is 0.370 e. The minimum atomic E-state index is -0.123. The van der Waals surface area contributed by atoms with Crippen molar-refractivity contribution in [2.24, 2.45) is 5.92 Å². The van der Waals surface area contributed by atoms with Crippen LogP contribution in [0.25, 0.3) is 5.69 Å². The Morgan fingerprint density at radius 2 is 1.68 bits per heavy atom. The molecule has 2 aromatic carbocycles. The van der Waals surface area contributed by atoms with Crippen LogP contribution in [-0.4, -0.2) is 27.8 Å². The van der Waals surface area contributed by atoms with Crippen LogP contribution < -0.4 is 15.1 Å². The number of nitrogens with zero attached hydrogens (tertiary/aromatic N) is 4. The Kier molecular flexibility index (Phi) is 6.85. The van der Waals surface area contributed by atoms with Crippen LogP contribution in [-0.2, 0) is 0 Å². The Morgan fingerprint density at radius 3 is 2.39 bits per heavy atom. The van der Waals surface area contributed by atoms with Gasteiger partial charge in [0.25, 0.3) is 0 Å². The average Bonchev–Trinajstić information content (AvgIpc) is 3.49. The second-order valence-electron chi connectivity index (χ2n) is 10.4. The highest BCUT2D eigenvalue weighted by molar-refractivity contribution is 7.80. The summed E-state index contributed by atoms with van der Waals surface area (Å²) < 4.78 is 2.31. The molecule has 6 rings (SSSR count). The van der Waals surface area contributed by atoms with Gasteiger partial charge in [-0.1, -0.05) is 42.8 Å². The monoisotopic (exact) mass is 541 g/mol. The molecule has 7 heteroatoms. The lowest BCUT2D eigenvalue weighted by Gasteiger charge is -2.34. The van der Waals surface area contributed by atoms with Crippen molar-refractivity contribution in [1.29, 1.82) is 0 Å². The number of hydrogen-bond acceptors (Lipinski definition) is 3. The summed E-state index contributed by atoms with van der Waals surface area (Å²) in [5.74, 6) is 0.769. The Labute approximate surface area is 235 Å². The molecule has 2 fully saturated rings. The molecule has 0 aliphatic carbocycles. The lowest BCUT2D eigenvalue weighted by atomic mass is 9.98. The summed E-state index contributed by atoms with van der Waals surface area (Å²) in [7, 11) is 0. The van der Waals surface area contributed by atoms with Crippen molar-refractivity contribution in [3.63, 3.8) is 0 Å². The van der Waals surface area contributed by atoms with Gasteiger partial charge >= 0.3 is 0 Å². The second kappa shape index (κ2) is 10.4. The number of anilines is 2. The highest BCUT2D eigenvalue weighted by Gasteiger charge is 2.42. The summed E-state index contributed by atoms with van der Waals surface area (Å²) in [5.41, 5.74) is 6.45. The standard InChI is InChI=1S/C31H32ClN5S/c1-21-15-18-35(19-16-21)27-14-12-24(20-25(27)32)37-30(29(34-31(37)38)26-10-6-7-17-33-26)28-13-11-22(2)36(28)23-8-4-3-5-9-23/h3-14,17,20-21,29-30H,15-16,18-19H2,1-2H3,(H,34,38)/t29-,30-/m0/s1. The lowest BCUT2D eigenvalue weighted by molar-refractivity contribution is 0.438. The van der Waals surface area contributed by atoms with E-state index in [2.05, 4.69) is 94.2 Å². The van der Waals surface area contributed by atoms with Crippen molar-refractivity contribution >= 4 is 40.3 Å². The predicted molar refractivity (Wildman–Crippen MR) is 161 cm³/mol. The Bertz CT molecular complexity index is 1430. The number of pyridine rings is 1. The lowest BCUT2D eigenvalue weighted by Crippen LogP contribution is -2.33. The van der Waals surface area contributed by atoms with Crippen molar-refractivity contribution in [1.82, 2.24) is 14.9 Å². The summed E-state index contributed by atoms with van der Waals surface area (Å²) in [6.07, 6.45) is 4.23. The van der Waals surface area contributed by atoms with Gasteiger partial charge in [-0.3, -0.25) is 4.98 Å². The summed E-state index contributed by atoms with van der Waals surface area (Å²) in [6, 6.07) is 27.0. The molecule has 5 nitrogen and oxygen atoms in total. The first-order valence-corrected chi connectivity index (χ1v) is 14.1. The third-order valence-electron chi connectivity index (χ3n) is 7.86. The zero-order valence-corrected chi connectivity index (χ0v) is 23.3. The highest BCUT2D eigenvalue weighted by Crippen LogP contribution is 2.44. The van der Waals surface area contributed by atoms with Crippen LogP contribution in [0.3, 0.4) is 0 Å². The first-order valence-electron chi connectivity index (χ1n) is 13.3. The van der Waals surface area contributed by atoms with Gasteiger partial charge in [-0.15, -0.1) is 0 Å². The molecular formula is C31H32ClN5S. The molecule has 2 saturated heterocycles. The zero-order chi connectivity index (χ0) is 26.2. The smallest absolute Gasteiger partial charge is 0.174 e. The normalized spacial score (nSPS) is 20.1. The average molecular weight is 542 g/mol. The maximum Gasteiger partial charge on any atom is 0.174 e. The molecule has 38 heavy (non-hydrogen) atoms. The van der Waals surface area contributed by atoms with E-state index < -0.39 is 0 Å². The molecular weight excluding hydrogens is 510 g/mol. The second-order valence-corrected chi connectivity index (χ2v) is 11.2. The van der Waals surface area contributed by atoms with Gasteiger partial charge in [0.15, 0.2) is 5.11 Å². The summed E-state index contributed by atoms with van der Waals surface area (Å²) >= 11 is 12.9. The number of para-hydroxylation sites is 1. The Hall–Kier alpha value is -3.35. The van der Waals surface area contributed by atoms with Crippen LogP contribution in [0.2, 0.25) is 5.02 Å². The van der Waals surface area contributed by atoms with Gasteiger partial charge in [0.1, 0.15) is 6.04 Å². The fourth-order valence-electron chi connectivity index (χ4n) is 5.80. The molecule has 2 aliphatic rings. The molecule has 2 atom stereocenters. The minimum Gasteiger partial charge on any atom is -0.370 e. The molecule has 2 aromatic heterocycles. The van der Waals surface area contributed by atoms with E-state index in [1.54, 1.807) is 0 Å². The van der Waals surface area contributed by atoms with Crippen molar-refractivity contribution in [2.75, 3.05) is 22.9 Å². The van der Waals surface area contributed by atoms with E-state index in [9.17, 15) is 0 Å². The number of halogens is 1. The van der Waals surface area contributed by atoms with Gasteiger partial charge in [0, 0.05) is 42.0 Å². The summed E-state index contributed by atoms with van der Waals surface area (Å²) in [5, 5.41) is 5.01. The quantitative estimate of drug-likeness (QED) is 0.269. The molecule has 0 radical (unpaired) electrons. The van der Waals surface area contributed by atoms with E-state index >= 15 is 0 Å². The van der Waals surface area contributed by atoms with Gasteiger partial charge in [0.2, 0.25) is 0 Å². The number of aromatic nitrogens is 2. The summed E-state index contributed by atoms with van der Waals surface area (Å²) in [4.78, 5) is 9.33. The van der Waals surface area contributed by atoms with E-state index in [0.29, 0.717) is 5.11 Å². The number of thiocarbonyl (C=S) groups is 1. The third kappa shape index (κ3) is 4.56. The van der Waals surface area contributed by atoms with E-state index in [4.69, 9.17) is 28.8 Å². The van der Waals surface area contributed by atoms with Crippen LogP contribution >= 0.6 is 23.8 Å². The van der Waals surface area contributed by atoms with E-state index in [0.717, 1.165) is 58.2 Å². The predicted octanol–water partition coefficient (Wildman–Crippen LogP) is 7.25. The fraction of sp³-hybridized carbons (Fsp3) is 0.290. The molecule has 0 amide bonds. The number of benzene rings is 2. The first kappa shape index (κ1) is 25.0. The molecule has 4 heterocycles. The molecule has 194 valence electrons. The van der Waals surface area contributed by atoms with Crippen molar-refractivity contribution in [3.8, 4) is 5.69 Å². The van der Waals surface area contributed by atoms with Gasteiger partial charge in [-0.05, 0) is 92.5 Å². The SMILES string of the molecule is Cc1ccc([C@H]2[C@H](c3ccccn3)NC(=S)N2c2ccc(N3CCC(C)CC3)c(Cl)c2)n1-c1ccccc1. The van der Waals surface area contributed by atoms with Crippen LogP contribution in [0, 0.1) is 12.8 Å². The molecule has 0 bridgehead atoms.